The third kappa shape index (κ3) is 2.83. The molecule has 1 aliphatic heterocycles. The van der Waals surface area contributed by atoms with Crippen LogP contribution < -0.4 is 0 Å². The Morgan fingerprint density at radius 2 is 2.18 bits per heavy atom. The third-order valence-electron chi connectivity index (χ3n) is 2.26. The van der Waals surface area contributed by atoms with E-state index >= 15 is 0 Å². The molecule has 1 heterocycles. The van der Waals surface area contributed by atoms with Crippen molar-refractivity contribution in [2.75, 3.05) is 19.3 Å². The fourth-order valence-electron chi connectivity index (χ4n) is 1.46. The third-order valence-corrected chi connectivity index (χ3v) is 3.14. The van der Waals surface area contributed by atoms with E-state index in [1.54, 1.807) is 0 Å². The van der Waals surface area contributed by atoms with Gasteiger partial charge in [0.25, 0.3) is 0 Å². The van der Waals surface area contributed by atoms with Gasteiger partial charge in [-0.25, -0.2) is 0 Å². The monoisotopic (exact) mass is 173 g/mol. The summed E-state index contributed by atoms with van der Waals surface area (Å²) in [5.41, 5.74) is 0. The summed E-state index contributed by atoms with van der Waals surface area (Å²) < 4.78 is 2.36. The highest BCUT2D eigenvalue weighted by Gasteiger charge is 2.17. The minimum atomic E-state index is 0.663. The standard InChI is InChI=1S/C8H15NOS/c1-11-9-5-2-8(3-6-9)4-7-10/h7-8H,2-6H2,1H3. The van der Waals surface area contributed by atoms with Crippen LogP contribution in [-0.2, 0) is 4.79 Å². The molecule has 0 spiro atoms. The second kappa shape index (κ2) is 4.78. The van der Waals surface area contributed by atoms with Crippen LogP contribution in [0.5, 0.6) is 0 Å². The molecule has 3 heteroatoms. The first-order valence-electron chi connectivity index (χ1n) is 4.09. The van der Waals surface area contributed by atoms with Gasteiger partial charge in [-0.15, -0.1) is 0 Å². The van der Waals surface area contributed by atoms with Crippen LogP contribution in [0.4, 0.5) is 0 Å². The van der Waals surface area contributed by atoms with Crippen molar-refractivity contribution >= 4 is 18.2 Å². The predicted molar refractivity (Wildman–Crippen MR) is 48.5 cm³/mol. The number of carbonyl (C=O) groups is 1. The molecule has 0 atom stereocenters. The molecular formula is C8H15NOS. The normalized spacial score (nSPS) is 21.9. The van der Waals surface area contributed by atoms with Crippen LogP contribution in [0.2, 0.25) is 0 Å². The Morgan fingerprint density at radius 3 is 2.64 bits per heavy atom. The Balaban J connectivity index is 2.18. The highest BCUT2D eigenvalue weighted by molar-refractivity contribution is 7.96. The Hall–Kier alpha value is -0.0200. The lowest BCUT2D eigenvalue weighted by atomic mass is 9.95. The van der Waals surface area contributed by atoms with E-state index < -0.39 is 0 Å². The van der Waals surface area contributed by atoms with Crippen LogP contribution in [0.25, 0.3) is 0 Å². The zero-order chi connectivity index (χ0) is 8.10. The van der Waals surface area contributed by atoms with Crippen molar-refractivity contribution in [1.82, 2.24) is 4.31 Å². The molecule has 0 unspecified atom stereocenters. The number of rotatable bonds is 3. The number of aldehydes is 1. The van der Waals surface area contributed by atoms with E-state index in [0.29, 0.717) is 5.92 Å². The van der Waals surface area contributed by atoms with Gasteiger partial charge in [-0.1, -0.05) is 11.9 Å². The Bertz CT molecular complexity index is 121. The van der Waals surface area contributed by atoms with E-state index in [2.05, 4.69) is 10.6 Å². The van der Waals surface area contributed by atoms with Gasteiger partial charge in [-0.2, -0.15) is 0 Å². The second-order valence-electron chi connectivity index (χ2n) is 2.96. The van der Waals surface area contributed by atoms with Gasteiger partial charge in [-0.05, 0) is 25.0 Å². The summed E-state index contributed by atoms with van der Waals surface area (Å²) in [6.45, 7) is 2.30. The van der Waals surface area contributed by atoms with Gasteiger partial charge in [0.2, 0.25) is 0 Å². The Kier molecular flexibility index (Phi) is 3.94. The van der Waals surface area contributed by atoms with Gasteiger partial charge >= 0.3 is 0 Å². The molecule has 0 amide bonds. The smallest absolute Gasteiger partial charge is 0.120 e. The molecule has 1 saturated heterocycles. The maximum absolute atomic E-state index is 10.2. The highest BCUT2D eigenvalue weighted by atomic mass is 32.2. The molecule has 1 rings (SSSR count). The average molecular weight is 173 g/mol. The Morgan fingerprint density at radius 1 is 1.55 bits per heavy atom. The molecule has 0 N–H and O–H groups in total. The molecule has 11 heavy (non-hydrogen) atoms. The second-order valence-corrected chi connectivity index (χ2v) is 3.84. The summed E-state index contributed by atoms with van der Waals surface area (Å²) in [6.07, 6.45) is 6.32. The van der Waals surface area contributed by atoms with E-state index in [1.807, 2.05) is 11.9 Å². The van der Waals surface area contributed by atoms with E-state index in [4.69, 9.17) is 0 Å². The largest absolute Gasteiger partial charge is 0.303 e. The van der Waals surface area contributed by atoms with Crippen molar-refractivity contribution in [3.8, 4) is 0 Å². The van der Waals surface area contributed by atoms with Crippen LogP contribution in [-0.4, -0.2) is 29.9 Å². The molecular weight excluding hydrogens is 158 g/mol. The van der Waals surface area contributed by atoms with Gasteiger partial charge in [-0.3, -0.25) is 4.31 Å². The van der Waals surface area contributed by atoms with Crippen LogP contribution in [0, 0.1) is 5.92 Å². The van der Waals surface area contributed by atoms with E-state index in [0.717, 1.165) is 25.8 Å². The quantitative estimate of drug-likeness (QED) is 0.477. The molecule has 0 aromatic carbocycles. The molecule has 0 aliphatic carbocycles. The van der Waals surface area contributed by atoms with Crippen LogP contribution in [0.15, 0.2) is 0 Å². The molecule has 2 nitrogen and oxygen atoms in total. The van der Waals surface area contributed by atoms with Gasteiger partial charge in [0.1, 0.15) is 6.29 Å². The molecule has 1 aliphatic rings. The highest BCUT2D eigenvalue weighted by Crippen LogP contribution is 2.22. The van der Waals surface area contributed by atoms with Crippen LogP contribution in [0.3, 0.4) is 0 Å². The van der Waals surface area contributed by atoms with Crippen LogP contribution in [0.1, 0.15) is 19.3 Å². The summed E-state index contributed by atoms with van der Waals surface area (Å²) in [5.74, 6) is 0.663. The maximum atomic E-state index is 10.2. The van der Waals surface area contributed by atoms with E-state index in [-0.39, 0.29) is 0 Å². The molecule has 0 saturated carbocycles. The maximum Gasteiger partial charge on any atom is 0.120 e. The summed E-state index contributed by atoms with van der Waals surface area (Å²) >= 11 is 1.81. The van der Waals surface area contributed by atoms with Crippen molar-refractivity contribution in [2.45, 2.75) is 19.3 Å². The lowest BCUT2D eigenvalue weighted by Crippen LogP contribution is -2.28. The minimum Gasteiger partial charge on any atom is -0.303 e. The van der Waals surface area contributed by atoms with Gasteiger partial charge < -0.3 is 4.79 Å². The number of piperidine rings is 1. The average Bonchev–Trinajstić information content (AvgIpc) is 2.07. The number of nitrogens with zero attached hydrogens (tertiary/aromatic N) is 1. The van der Waals surface area contributed by atoms with Gasteiger partial charge in [0, 0.05) is 19.5 Å². The topological polar surface area (TPSA) is 20.3 Å². The summed E-state index contributed by atoms with van der Waals surface area (Å²) in [4.78, 5) is 10.2. The molecule has 0 aromatic heterocycles. The first-order valence-corrected chi connectivity index (χ1v) is 5.27. The molecule has 64 valence electrons. The first kappa shape index (κ1) is 9.07. The first-order chi connectivity index (χ1) is 5.36. The molecule has 0 bridgehead atoms. The number of carbonyl (C=O) groups excluding carboxylic acids is 1. The number of hydrogen-bond acceptors (Lipinski definition) is 3. The van der Waals surface area contributed by atoms with E-state index in [1.165, 1.54) is 12.8 Å². The molecule has 1 fully saturated rings. The van der Waals surface area contributed by atoms with Crippen molar-refractivity contribution in [2.24, 2.45) is 5.92 Å². The predicted octanol–water partition coefficient (Wildman–Crippen LogP) is 1.57. The zero-order valence-electron chi connectivity index (χ0n) is 6.95. The summed E-state index contributed by atoms with van der Waals surface area (Å²) in [7, 11) is 0. The summed E-state index contributed by atoms with van der Waals surface area (Å²) in [5, 5.41) is 0. The van der Waals surface area contributed by atoms with Crippen molar-refractivity contribution in [3.05, 3.63) is 0 Å². The molecule has 0 radical (unpaired) electrons. The minimum absolute atomic E-state index is 0.663. The fraction of sp³-hybridized carbons (Fsp3) is 0.875. The molecule has 0 aromatic rings. The fourth-order valence-corrected chi connectivity index (χ4v) is 2.04. The van der Waals surface area contributed by atoms with Gasteiger partial charge in [0.05, 0.1) is 0 Å². The lowest BCUT2D eigenvalue weighted by Gasteiger charge is -2.28. The zero-order valence-corrected chi connectivity index (χ0v) is 7.77. The summed E-state index contributed by atoms with van der Waals surface area (Å²) in [6, 6.07) is 0. The van der Waals surface area contributed by atoms with Crippen molar-refractivity contribution in [3.63, 3.8) is 0 Å². The van der Waals surface area contributed by atoms with E-state index in [9.17, 15) is 4.79 Å². The van der Waals surface area contributed by atoms with Crippen LogP contribution >= 0.6 is 11.9 Å². The lowest BCUT2D eigenvalue weighted by molar-refractivity contribution is -0.108. The SMILES string of the molecule is CSN1CCC(CC=O)CC1. The Labute approximate surface area is 72.5 Å². The van der Waals surface area contributed by atoms with Gasteiger partial charge in [0.15, 0.2) is 0 Å². The van der Waals surface area contributed by atoms with Crippen molar-refractivity contribution in [1.29, 1.82) is 0 Å². The van der Waals surface area contributed by atoms with Crippen molar-refractivity contribution < 1.29 is 4.79 Å². The number of hydrogen-bond donors (Lipinski definition) is 0.